The summed E-state index contributed by atoms with van der Waals surface area (Å²) < 4.78 is 0. The summed E-state index contributed by atoms with van der Waals surface area (Å²) in [6, 6.07) is 7.05. The van der Waals surface area contributed by atoms with Gasteiger partial charge in [-0.1, -0.05) is 6.07 Å². The number of hydrogen-bond donors (Lipinski definition) is 2. The molecule has 1 atom stereocenters. The number of nitrogens with zero attached hydrogens (tertiary/aromatic N) is 1. The van der Waals surface area contributed by atoms with Crippen LogP contribution in [0.5, 0.6) is 0 Å². The lowest BCUT2D eigenvalue weighted by molar-refractivity contribution is -0.133. The monoisotopic (exact) mass is 275 g/mol. The molecule has 2 aromatic rings. The smallest absolute Gasteiger partial charge is 0.334 e. The molecule has 0 fully saturated rings. The highest BCUT2D eigenvalue weighted by atomic mass is 32.1. The minimum atomic E-state index is -1.19. The molecule has 5 heteroatoms. The quantitative estimate of drug-likeness (QED) is 0.842. The standard InChI is InChI=1S/C14H13NO3S/c1-9-4-5-11(19-9)7-12(14(17)18)13(16)10-3-2-6-15-8-10/h2-8,13,16H,1H3,(H,17,18). The van der Waals surface area contributed by atoms with E-state index in [0.717, 1.165) is 9.75 Å². The first-order chi connectivity index (χ1) is 9.08. The zero-order valence-electron chi connectivity index (χ0n) is 10.3. The topological polar surface area (TPSA) is 70.4 Å². The van der Waals surface area contributed by atoms with E-state index in [1.165, 1.54) is 23.6 Å². The average molecular weight is 275 g/mol. The van der Waals surface area contributed by atoms with E-state index >= 15 is 0 Å². The van der Waals surface area contributed by atoms with E-state index in [4.69, 9.17) is 0 Å². The van der Waals surface area contributed by atoms with Gasteiger partial charge in [0, 0.05) is 27.7 Å². The molecule has 2 rings (SSSR count). The van der Waals surface area contributed by atoms with E-state index < -0.39 is 12.1 Å². The van der Waals surface area contributed by atoms with Crippen molar-refractivity contribution < 1.29 is 15.0 Å². The van der Waals surface area contributed by atoms with Gasteiger partial charge >= 0.3 is 5.97 Å². The third-order valence-electron chi connectivity index (χ3n) is 2.60. The number of rotatable bonds is 4. The van der Waals surface area contributed by atoms with Crippen LogP contribution < -0.4 is 0 Å². The maximum absolute atomic E-state index is 11.3. The number of aliphatic hydroxyl groups is 1. The van der Waals surface area contributed by atoms with Crippen molar-refractivity contribution in [3.8, 4) is 0 Å². The van der Waals surface area contributed by atoms with E-state index in [9.17, 15) is 15.0 Å². The summed E-state index contributed by atoms with van der Waals surface area (Å²) in [4.78, 5) is 17.1. The maximum atomic E-state index is 11.3. The summed E-state index contributed by atoms with van der Waals surface area (Å²) in [7, 11) is 0. The Bertz CT molecular complexity index is 604. The van der Waals surface area contributed by atoms with Crippen LogP contribution in [0.4, 0.5) is 0 Å². The minimum Gasteiger partial charge on any atom is -0.478 e. The van der Waals surface area contributed by atoms with Crippen molar-refractivity contribution in [3.05, 3.63) is 57.6 Å². The highest BCUT2D eigenvalue weighted by molar-refractivity contribution is 7.12. The van der Waals surface area contributed by atoms with E-state index in [1.54, 1.807) is 18.3 Å². The number of carbonyl (C=O) groups is 1. The van der Waals surface area contributed by atoms with Crippen molar-refractivity contribution in [1.29, 1.82) is 0 Å². The van der Waals surface area contributed by atoms with Crippen LogP contribution in [-0.4, -0.2) is 21.2 Å². The van der Waals surface area contributed by atoms with Crippen LogP contribution in [0.1, 0.15) is 21.4 Å². The SMILES string of the molecule is Cc1ccc(C=C(C(=O)O)C(O)c2cccnc2)s1. The summed E-state index contributed by atoms with van der Waals surface area (Å²) in [5.41, 5.74) is 0.402. The third kappa shape index (κ3) is 3.27. The fourth-order valence-corrected chi connectivity index (χ4v) is 2.49. The number of aryl methyl sites for hydroxylation is 1. The maximum Gasteiger partial charge on any atom is 0.334 e. The lowest BCUT2D eigenvalue weighted by Gasteiger charge is -2.11. The van der Waals surface area contributed by atoms with Gasteiger partial charge in [0.05, 0.1) is 5.57 Å². The van der Waals surface area contributed by atoms with Crippen LogP contribution in [-0.2, 0) is 4.79 Å². The Morgan fingerprint density at radius 3 is 2.74 bits per heavy atom. The normalized spacial score (nSPS) is 13.3. The van der Waals surface area contributed by atoms with Gasteiger partial charge in [-0.2, -0.15) is 0 Å². The number of carboxylic acid groups (broad SMARTS) is 1. The molecule has 4 nitrogen and oxygen atoms in total. The Morgan fingerprint density at radius 2 is 2.21 bits per heavy atom. The first kappa shape index (κ1) is 13.5. The molecule has 0 bridgehead atoms. The van der Waals surface area contributed by atoms with Crippen molar-refractivity contribution in [1.82, 2.24) is 4.98 Å². The molecular weight excluding hydrogens is 262 g/mol. The number of hydrogen-bond acceptors (Lipinski definition) is 4. The van der Waals surface area contributed by atoms with E-state index in [-0.39, 0.29) is 5.57 Å². The molecule has 2 heterocycles. The molecule has 2 aromatic heterocycles. The van der Waals surface area contributed by atoms with Gasteiger partial charge in [-0.3, -0.25) is 4.98 Å². The second-order valence-electron chi connectivity index (χ2n) is 4.04. The van der Waals surface area contributed by atoms with Gasteiger partial charge in [-0.25, -0.2) is 4.79 Å². The third-order valence-corrected chi connectivity index (χ3v) is 3.55. The largest absolute Gasteiger partial charge is 0.478 e. The molecule has 0 spiro atoms. The van der Waals surface area contributed by atoms with Crippen molar-refractivity contribution in [2.45, 2.75) is 13.0 Å². The predicted octanol–water partition coefficient (Wildman–Crippen LogP) is 2.65. The number of aromatic nitrogens is 1. The zero-order valence-corrected chi connectivity index (χ0v) is 11.1. The lowest BCUT2D eigenvalue weighted by Crippen LogP contribution is -2.10. The fourth-order valence-electron chi connectivity index (χ4n) is 1.66. The molecule has 98 valence electrons. The Balaban J connectivity index is 2.36. The van der Waals surface area contributed by atoms with Gasteiger partial charge in [-0.05, 0) is 31.2 Å². The highest BCUT2D eigenvalue weighted by Gasteiger charge is 2.20. The number of pyridine rings is 1. The number of aliphatic carboxylic acids is 1. The number of thiophene rings is 1. The Labute approximate surface area is 114 Å². The summed E-state index contributed by atoms with van der Waals surface area (Å²) in [5.74, 6) is -1.14. The van der Waals surface area contributed by atoms with Crippen LogP contribution in [0.15, 0.2) is 42.2 Å². The van der Waals surface area contributed by atoms with Crippen LogP contribution in [0.25, 0.3) is 6.08 Å². The van der Waals surface area contributed by atoms with Gasteiger partial charge < -0.3 is 10.2 Å². The lowest BCUT2D eigenvalue weighted by atomic mass is 10.0. The average Bonchev–Trinajstić information content (AvgIpc) is 2.81. The number of aliphatic hydroxyl groups excluding tert-OH is 1. The van der Waals surface area contributed by atoms with Crippen LogP contribution in [0, 0.1) is 6.92 Å². The van der Waals surface area contributed by atoms with Crippen molar-refractivity contribution in [2.24, 2.45) is 0 Å². The molecule has 19 heavy (non-hydrogen) atoms. The summed E-state index contributed by atoms with van der Waals surface area (Å²) >= 11 is 1.48. The molecule has 0 amide bonds. The fraction of sp³-hybridized carbons (Fsp3) is 0.143. The second kappa shape index (κ2) is 5.77. The molecule has 2 N–H and O–H groups in total. The molecule has 0 aliphatic carbocycles. The summed E-state index contributed by atoms with van der Waals surface area (Å²) in [6.07, 6.45) is 3.34. The molecule has 0 radical (unpaired) electrons. The van der Waals surface area contributed by atoms with Gasteiger partial charge in [-0.15, -0.1) is 11.3 Å². The van der Waals surface area contributed by atoms with E-state index in [2.05, 4.69) is 4.98 Å². The second-order valence-corrected chi connectivity index (χ2v) is 5.36. The molecule has 0 aliphatic heterocycles. The summed E-state index contributed by atoms with van der Waals surface area (Å²) in [5, 5.41) is 19.4. The van der Waals surface area contributed by atoms with Gasteiger partial charge in [0.2, 0.25) is 0 Å². The molecule has 0 aromatic carbocycles. The minimum absolute atomic E-state index is 0.0603. The van der Waals surface area contributed by atoms with E-state index in [0.29, 0.717) is 5.56 Å². The van der Waals surface area contributed by atoms with Gasteiger partial charge in [0.25, 0.3) is 0 Å². The molecule has 0 saturated heterocycles. The predicted molar refractivity (Wildman–Crippen MR) is 73.9 cm³/mol. The first-order valence-electron chi connectivity index (χ1n) is 5.67. The zero-order chi connectivity index (χ0) is 13.8. The van der Waals surface area contributed by atoms with Crippen LogP contribution in [0.2, 0.25) is 0 Å². The van der Waals surface area contributed by atoms with Crippen molar-refractivity contribution in [2.75, 3.05) is 0 Å². The molecule has 0 aliphatic rings. The Kier molecular flexibility index (Phi) is 4.09. The molecular formula is C14H13NO3S. The van der Waals surface area contributed by atoms with Gasteiger partial charge in [0.1, 0.15) is 6.10 Å². The first-order valence-corrected chi connectivity index (χ1v) is 6.49. The Morgan fingerprint density at radius 1 is 1.42 bits per heavy atom. The van der Waals surface area contributed by atoms with Crippen molar-refractivity contribution >= 4 is 23.4 Å². The molecule has 1 unspecified atom stereocenters. The van der Waals surface area contributed by atoms with Crippen LogP contribution >= 0.6 is 11.3 Å². The molecule has 0 saturated carbocycles. The summed E-state index contributed by atoms with van der Waals surface area (Å²) in [6.45, 7) is 1.94. The highest BCUT2D eigenvalue weighted by Crippen LogP contribution is 2.26. The van der Waals surface area contributed by atoms with Crippen LogP contribution in [0.3, 0.4) is 0 Å². The Hall–Kier alpha value is -1.98. The number of carboxylic acids is 1. The van der Waals surface area contributed by atoms with Crippen molar-refractivity contribution in [3.63, 3.8) is 0 Å². The van der Waals surface area contributed by atoms with E-state index in [1.807, 2.05) is 19.1 Å². The van der Waals surface area contributed by atoms with Gasteiger partial charge in [0.15, 0.2) is 0 Å².